The molecule has 0 aliphatic carbocycles. The molecule has 1 aliphatic heterocycles. The third kappa shape index (κ3) is 3.19. The van der Waals surface area contributed by atoms with E-state index in [9.17, 15) is 13.2 Å². The molecule has 7 nitrogen and oxygen atoms in total. The summed E-state index contributed by atoms with van der Waals surface area (Å²) in [6.45, 7) is 1.41. The number of halogens is 1. The van der Waals surface area contributed by atoms with Gasteiger partial charge in [0.1, 0.15) is 11.0 Å². The molecule has 2 aromatic carbocycles. The Labute approximate surface area is 170 Å². The summed E-state index contributed by atoms with van der Waals surface area (Å²) in [6, 6.07) is 13.2. The summed E-state index contributed by atoms with van der Waals surface area (Å²) in [7, 11) is -3.61. The maximum atomic E-state index is 13.2. The number of hydrogen-bond acceptors (Lipinski definition) is 6. The van der Waals surface area contributed by atoms with E-state index in [0.29, 0.717) is 34.2 Å². The quantitative estimate of drug-likeness (QED) is 0.611. The predicted octanol–water partition coefficient (Wildman–Crippen LogP) is 3.10. The van der Waals surface area contributed by atoms with Crippen LogP contribution in [0.3, 0.4) is 0 Å². The summed E-state index contributed by atoms with van der Waals surface area (Å²) < 4.78 is 32.4. The van der Waals surface area contributed by atoms with Crippen molar-refractivity contribution in [3.63, 3.8) is 0 Å². The van der Waals surface area contributed by atoms with Crippen LogP contribution in [0.5, 0.6) is 0 Å². The van der Waals surface area contributed by atoms with Gasteiger partial charge in [0.25, 0.3) is 0 Å². The zero-order chi connectivity index (χ0) is 19.9. The Morgan fingerprint density at radius 3 is 2.68 bits per heavy atom. The molecule has 1 saturated heterocycles. The molecule has 146 valence electrons. The molecular weight excluding hydrogens is 448 g/mol. The number of benzene rings is 2. The second kappa shape index (κ2) is 7.23. The van der Waals surface area contributed by atoms with Gasteiger partial charge in [-0.05, 0) is 40.2 Å². The molecule has 1 atom stereocenters. The summed E-state index contributed by atoms with van der Waals surface area (Å²) in [5.74, 6) is -1.32. The number of nitrogens with zero attached hydrogens (tertiary/aromatic N) is 1. The third-order valence-corrected chi connectivity index (χ3v) is 7.66. The van der Waals surface area contributed by atoms with E-state index < -0.39 is 21.2 Å². The fourth-order valence-corrected chi connectivity index (χ4v) is 5.80. The minimum atomic E-state index is -3.61. The number of rotatable bonds is 4. The minimum absolute atomic E-state index is 0.165. The van der Waals surface area contributed by atoms with E-state index in [4.69, 9.17) is 9.52 Å². The summed E-state index contributed by atoms with van der Waals surface area (Å²) in [6.07, 6.45) is 0. The van der Waals surface area contributed by atoms with Crippen LogP contribution in [0.1, 0.15) is 10.6 Å². The van der Waals surface area contributed by atoms with Crippen LogP contribution in [0.15, 0.2) is 62.3 Å². The van der Waals surface area contributed by atoms with E-state index in [0.717, 1.165) is 0 Å². The zero-order valence-electron chi connectivity index (χ0n) is 14.6. The molecule has 0 saturated carbocycles. The molecule has 28 heavy (non-hydrogen) atoms. The second-order valence-electron chi connectivity index (χ2n) is 6.44. The molecule has 1 aromatic heterocycles. The van der Waals surface area contributed by atoms with Gasteiger partial charge < -0.3 is 19.7 Å². The van der Waals surface area contributed by atoms with Gasteiger partial charge in [-0.3, -0.25) is 0 Å². The molecule has 2 N–H and O–H groups in total. The van der Waals surface area contributed by atoms with Crippen molar-refractivity contribution in [1.82, 2.24) is 5.32 Å². The Bertz CT molecular complexity index is 1140. The number of sulfone groups is 1. The zero-order valence-corrected chi connectivity index (χ0v) is 17.0. The van der Waals surface area contributed by atoms with Crippen molar-refractivity contribution in [2.45, 2.75) is 10.3 Å². The van der Waals surface area contributed by atoms with Gasteiger partial charge in [-0.15, -0.1) is 0 Å². The lowest BCUT2D eigenvalue weighted by molar-refractivity contribution is 0.0665. The number of carboxylic acid groups (broad SMARTS) is 1. The highest BCUT2D eigenvalue weighted by molar-refractivity contribution is 9.10. The van der Waals surface area contributed by atoms with Crippen molar-refractivity contribution in [2.75, 3.05) is 24.5 Å². The van der Waals surface area contributed by atoms with E-state index in [2.05, 4.69) is 21.2 Å². The van der Waals surface area contributed by atoms with Crippen molar-refractivity contribution < 1.29 is 22.7 Å². The van der Waals surface area contributed by atoms with E-state index in [1.165, 1.54) is 6.07 Å². The average Bonchev–Trinajstić information content (AvgIpc) is 3.15. The van der Waals surface area contributed by atoms with Crippen LogP contribution in [-0.4, -0.2) is 44.5 Å². The molecule has 3 aromatic rings. The Kier molecular flexibility index (Phi) is 4.90. The van der Waals surface area contributed by atoms with Crippen molar-refractivity contribution in [1.29, 1.82) is 0 Å². The Morgan fingerprint density at radius 1 is 1.21 bits per heavy atom. The van der Waals surface area contributed by atoms with Gasteiger partial charge in [0.05, 0.1) is 15.1 Å². The summed E-state index contributed by atoms with van der Waals surface area (Å²) in [4.78, 5) is 13.3. The van der Waals surface area contributed by atoms with Gasteiger partial charge in [0.15, 0.2) is 0 Å². The molecule has 0 amide bonds. The lowest BCUT2D eigenvalue weighted by Crippen LogP contribution is -2.55. The number of fused-ring (bicyclic) bond motifs is 1. The van der Waals surface area contributed by atoms with Gasteiger partial charge in [0.2, 0.25) is 15.6 Å². The largest absolute Gasteiger partial charge is 0.475 e. The van der Waals surface area contributed by atoms with Crippen LogP contribution >= 0.6 is 15.9 Å². The number of carbonyl (C=O) groups is 1. The van der Waals surface area contributed by atoms with Gasteiger partial charge in [-0.25, -0.2) is 13.2 Å². The molecule has 0 radical (unpaired) electrons. The fourth-order valence-electron chi connectivity index (χ4n) is 3.39. The molecule has 0 spiro atoms. The normalized spacial score (nSPS) is 17.8. The molecule has 1 aliphatic rings. The molecule has 1 fully saturated rings. The van der Waals surface area contributed by atoms with E-state index in [1.807, 2.05) is 4.90 Å². The highest BCUT2D eigenvalue weighted by Gasteiger charge is 2.36. The maximum absolute atomic E-state index is 13.2. The molecule has 1 unspecified atom stereocenters. The second-order valence-corrected chi connectivity index (χ2v) is 9.34. The Hall–Kier alpha value is -2.36. The lowest BCUT2D eigenvalue weighted by Gasteiger charge is -2.38. The van der Waals surface area contributed by atoms with Crippen LogP contribution in [0, 0.1) is 0 Å². The molecule has 0 bridgehead atoms. The van der Waals surface area contributed by atoms with E-state index in [-0.39, 0.29) is 17.2 Å². The number of carboxylic acids is 1. The van der Waals surface area contributed by atoms with Crippen LogP contribution < -0.4 is 10.2 Å². The summed E-state index contributed by atoms with van der Waals surface area (Å²) in [5.41, 5.74) is 1.10. The van der Waals surface area contributed by atoms with E-state index in [1.54, 1.807) is 42.5 Å². The number of nitrogens with one attached hydrogen (secondary N) is 1. The maximum Gasteiger partial charge on any atom is 0.371 e. The van der Waals surface area contributed by atoms with Gasteiger partial charge in [-0.2, -0.15) is 0 Å². The highest BCUT2D eigenvalue weighted by Crippen LogP contribution is 2.38. The number of hydrogen-bond donors (Lipinski definition) is 2. The van der Waals surface area contributed by atoms with Crippen molar-refractivity contribution in [2.24, 2.45) is 0 Å². The first kappa shape index (κ1) is 19.0. The van der Waals surface area contributed by atoms with Crippen LogP contribution in [0.4, 0.5) is 5.69 Å². The first-order valence-electron chi connectivity index (χ1n) is 8.61. The number of furan rings is 1. The Morgan fingerprint density at radius 2 is 1.96 bits per heavy atom. The first-order valence-corrected chi connectivity index (χ1v) is 10.9. The third-order valence-electron chi connectivity index (χ3n) is 4.76. The molecular formula is C19H17BrN2O5S. The van der Waals surface area contributed by atoms with Crippen molar-refractivity contribution >= 4 is 48.4 Å². The topological polar surface area (TPSA) is 99.9 Å². The average molecular weight is 465 g/mol. The molecule has 9 heteroatoms. The molecule has 4 rings (SSSR count). The van der Waals surface area contributed by atoms with Gasteiger partial charge >= 0.3 is 5.97 Å². The summed E-state index contributed by atoms with van der Waals surface area (Å²) >= 11 is 3.52. The van der Waals surface area contributed by atoms with E-state index >= 15 is 0 Å². The number of piperazine rings is 1. The van der Waals surface area contributed by atoms with Crippen LogP contribution in [0.25, 0.3) is 11.0 Å². The fraction of sp³-hybridized carbons (Fsp3) is 0.211. The lowest BCUT2D eigenvalue weighted by atomic mass is 10.2. The van der Waals surface area contributed by atoms with Gasteiger partial charge in [-0.1, -0.05) is 18.2 Å². The minimum Gasteiger partial charge on any atom is -0.475 e. The standard InChI is InChI=1S/C19H17BrN2O5S/c20-18-13-10-16(19(23)24)27-15(13)7-6-14(18)22-9-8-21-11-17(22)28(25,26)12-4-2-1-3-5-12/h1-7,10,17,21H,8-9,11H2,(H,23,24). The van der Waals surface area contributed by atoms with Gasteiger partial charge in [0, 0.05) is 31.1 Å². The highest BCUT2D eigenvalue weighted by atomic mass is 79.9. The smallest absolute Gasteiger partial charge is 0.371 e. The van der Waals surface area contributed by atoms with Crippen molar-refractivity contribution in [3.8, 4) is 0 Å². The van der Waals surface area contributed by atoms with Crippen molar-refractivity contribution in [3.05, 3.63) is 58.8 Å². The molecule has 2 heterocycles. The Balaban J connectivity index is 1.80. The van der Waals surface area contributed by atoms with Crippen LogP contribution in [-0.2, 0) is 9.84 Å². The van der Waals surface area contributed by atoms with Crippen LogP contribution in [0.2, 0.25) is 0 Å². The monoisotopic (exact) mass is 464 g/mol. The number of aromatic carboxylic acids is 1. The summed E-state index contributed by atoms with van der Waals surface area (Å²) in [5, 5.41) is 12.1. The number of anilines is 1. The first-order chi connectivity index (χ1) is 13.4. The SMILES string of the molecule is O=C(O)c1cc2c(Br)c(N3CCNCC3S(=O)(=O)c3ccccc3)ccc2o1. The predicted molar refractivity (Wildman–Crippen MR) is 109 cm³/mol.